The zero-order chi connectivity index (χ0) is 18.1. The summed E-state index contributed by atoms with van der Waals surface area (Å²) in [5.41, 5.74) is 4.97. The number of anilines is 1. The van der Waals surface area contributed by atoms with Gasteiger partial charge < -0.3 is 15.2 Å². The topological polar surface area (TPSA) is 65.2 Å². The smallest absolute Gasteiger partial charge is 0.253 e. The van der Waals surface area contributed by atoms with E-state index in [1.807, 2.05) is 11.0 Å². The number of aromatic nitrogens is 1. The lowest BCUT2D eigenvalue weighted by molar-refractivity contribution is -0.114. The van der Waals surface area contributed by atoms with Crippen LogP contribution in [-0.2, 0) is 17.6 Å². The van der Waals surface area contributed by atoms with Crippen molar-refractivity contribution in [2.24, 2.45) is 0 Å². The van der Waals surface area contributed by atoms with Gasteiger partial charge in [-0.1, -0.05) is 24.3 Å². The Morgan fingerprint density at radius 2 is 1.85 bits per heavy atom. The van der Waals surface area contributed by atoms with Gasteiger partial charge in [0.15, 0.2) is 0 Å². The summed E-state index contributed by atoms with van der Waals surface area (Å²) < 4.78 is 0. The second-order valence-electron chi connectivity index (χ2n) is 6.68. The van der Waals surface area contributed by atoms with E-state index in [1.54, 1.807) is 24.3 Å². The summed E-state index contributed by atoms with van der Waals surface area (Å²) in [7, 11) is 0. The number of amides is 2. The van der Waals surface area contributed by atoms with Gasteiger partial charge in [0.1, 0.15) is 0 Å². The van der Waals surface area contributed by atoms with Crippen LogP contribution in [0, 0.1) is 0 Å². The van der Waals surface area contributed by atoms with Crippen LogP contribution >= 0.6 is 0 Å². The second kappa shape index (κ2) is 6.67. The molecular formula is C21H21N3O2. The number of carbonyl (C=O) groups is 2. The Morgan fingerprint density at radius 3 is 2.69 bits per heavy atom. The van der Waals surface area contributed by atoms with E-state index < -0.39 is 0 Å². The molecule has 2 N–H and O–H groups in total. The van der Waals surface area contributed by atoms with Gasteiger partial charge in [-0.05, 0) is 36.2 Å². The molecule has 4 rings (SSSR count). The number of rotatable bonds is 2. The lowest BCUT2D eigenvalue weighted by Crippen LogP contribution is -2.33. The van der Waals surface area contributed by atoms with Gasteiger partial charge in [-0.2, -0.15) is 0 Å². The minimum Gasteiger partial charge on any atom is -0.358 e. The van der Waals surface area contributed by atoms with Gasteiger partial charge in [0, 0.05) is 54.3 Å². The molecule has 2 heterocycles. The third kappa shape index (κ3) is 3.08. The fourth-order valence-electron chi connectivity index (χ4n) is 3.68. The van der Waals surface area contributed by atoms with Crippen molar-refractivity contribution in [2.75, 3.05) is 18.4 Å². The highest BCUT2D eigenvalue weighted by Crippen LogP contribution is 2.26. The molecule has 3 aromatic rings. The fourth-order valence-corrected chi connectivity index (χ4v) is 3.68. The van der Waals surface area contributed by atoms with E-state index in [-0.39, 0.29) is 11.8 Å². The van der Waals surface area contributed by atoms with Crippen LogP contribution in [0.15, 0.2) is 48.5 Å². The molecule has 1 aliphatic rings. The van der Waals surface area contributed by atoms with E-state index in [9.17, 15) is 9.59 Å². The molecule has 1 aliphatic heterocycles. The zero-order valence-electron chi connectivity index (χ0n) is 14.7. The van der Waals surface area contributed by atoms with Crippen LogP contribution in [0.5, 0.6) is 0 Å². The van der Waals surface area contributed by atoms with Crippen molar-refractivity contribution in [3.63, 3.8) is 0 Å². The summed E-state index contributed by atoms with van der Waals surface area (Å²) in [5.74, 6) is -0.138. The van der Waals surface area contributed by atoms with E-state index in [0.29, 0.717) is 24.3 Å². The maximum atomic E-state index is 12.9. The Balaban J connectivity index is 1.54. The molecule has 0 fully saturated rings. The molecule has 0 spiro atoms. The largest absolute Gasteiger partial charge is 0.358 e. The quantitative estimate of drug-likeness (QED) is 0.746. The van der Waals surface area contributed by atoms with E-state index in [0.717, 1.165) is 12.8 Å². The van der Waals surface area contributed by atoms with Crippen LogP contribution in [0.2, 0.25) is 0 Å². The molecule has 2 amide bonds. The van der Waals surface area contributed by atoms with Gasteiger partial charge in [-0.15, -0.1) is 0 Å². The lowest BCUT2D eigenvalue weighted by Gasteiger charge is -2.20. The predicted octanol–water partition coefficient (Wildman–Crippen LogP) is 3.37. The van der Waals surface area contributed by atoms with Crippen LogP contribution in [0.1, 0.15) is 28.5 Å². The SMILES string of the molecule is CC(=O)Nc1cccc(C(=O)N2CCc3[nH]c4ccccc4c3CC2)c1. The molecule has 0 saturated carbocycles. The van der Waals surface area contributed by atoms with Crippen LogP contribution in [0.25, 0.3) is 10.9 Å². The Hall–Kier alpha value is -3.08. The number of carbonyl (C=O) groups excluding carboxylic acids is 2. The highest BCUT2D eigenvalue weighted by molar-refractivity contribution is 5.97. The standard InChI is InChI=1S/C21H21N3O2/c1-14(25)22-16-6-4-5-15(13-16)21(26)24-11-9-18-17-7-2-3-8-19(17)23-20(18)10-12-24/h2-8,13,23H,9-12H2,1H3,(H,22,25). The molecule has 0 aliphatic carbocycles. The summed E-state index contributed by atoms with van der Waals surface area (Å²) in [6.45, 7) is 2.84. The maximum Gasteiger partial charge on any atom is 0.253 e. The highest BCUT2D eigenvalue weighted by Gasteiger charge is 2.22. The average molecular weight is 347 g/mol. The number of para-hydroxylation sites is 1. The number of nitrogens with one attached hydrogen (secondary N) is 2. The third-order valence-corrected chi connectivity index (χ3v) is 4.88. The molecule has 26 heavy (non-hydrogen) atoms. The van der Waals surface area contributed by atoms with Crippen molar-refractivity contribution in [3.05, 3.63) is 65.4 Å². The van der Waals surface area contributed by atoms with Gasteiger partial charge >= 0.3 is 0 Å². The molecule has 2 aromatic carbocycles. The predicted molar refractivity (Wildman–Crippen MR) is 102 cm³/mol. The first-order chi connectivity index (χ1) is 12.6. The van der Waals surface area contributed by atoms with Gasteiger partial charge in [0.05, 0.1) is 0 Å². The molecule has 132 valence electrons. The molecule has 5 nitrogen and oxygen atoms in total. The summed E-state index contributed by atoms with van der Waals surface area (Å²) in [6.07, 6.45) is 1.66. The Morgan fingerprint density at radius 1 is 1.04 bits per heavy atom. The molecule has 0 bridgehead atoms. The van der Waals surface area contributed by atoms with Crippen molar-refractivity contribution in [1.82, 2.24) is 9.88 Å². The number of fused-ring (bicyclic) bond motifs is 3. The maximum absolute atomic E-state index is 12.9. The van der Waals surface area contributed by atoms with E-state index >= 15 is 0 Å². The number of benzene rings is 2. The number of H-pyrrole nitrogens is 1. The average Bonchev–Trinajstić information content (AvgIpc) is 2.85. The molecular weight excluding hydrogens is 326 g/mol. The number of nitrogens with zero attached hydrogens (tertiary/aromatic N) is 1. The van der Waals surface area contributed by atoms with Crippen LogP contribution < -0.4 is 5.32 Å². The Kier molecular flexibility index (Phi) is 4.21. The molecule has 0 saturated heterocycles. The number of aromatic amines is 1. The fraction of sp³-hybridized carbons (Fsp3) is 0.238. The zero-order valence-corrected chi connectivity index (χ0v) is 14.7. The van der Waals surface area contributed by atoms with Gasteiger partial charge in [0.25, 0.3) is 5.91 Å². The number of hydrogen-bond donors (Lipinski definition) is 2. The molecule has 0 atom stereocenters. The van der Waals surface area contributed by atoms with Crippen LogP contribution in [-0.4, -0.2) is 34.8 Å². The minimum absolute atomic E-state index is 0.00617. The first kappa shape index (κ1) is 16.4. The summed E-state index contributed by atoms with van der Waals surface area (Å²) in [6, 6.07) is 15.5. The van der Waals surface area contributed by atoms with E-state index in [1.165, 1.54) is 29.1 Å². The van der Waals surface area contributed by atoms with E-state index in [2.05, 4.69) is 28.5 Å². The summed E-state index contributed by atoms with van der Waals surface area (Å²) in [4.78, 5) is 29.6. The lowest BCUT2D eigenvalue weighted by atomic mass is 10.1. The molecule has 5 heteroatoms. The minimum atomic E-state index is -0.144. The monoisotopic (exact) mass is 347 g/mol. The van der Waals surface area contributed by atoms with Gasteiger partial charge in [-0.25, -0.2) is 0 Å². The van der Waals surface area contributed by atoms with Crippen LogP contribution in [0.4, 0.5) is 5.69 Å². The van der Waals surface area contributed by atoms with Crippen molar-refractivity contribution >= 4 is 28.4 Å². The molecule has 0 radical (unpaired) electrons. The first-order valence-electron chi connectivity index (χ1n) is 8.87. The summed E-state index contributed by atoms with van der Waals surface area (Å²) in [5, 5.41) is 3.98. The van der Waals surface area contributed by atoms with Crippen molar-refractivity contribution in [3.8, 4) is 0 Å². The van der Waals surface area contributed by atoms with E-state index in [4.69, 9.17) is 0 Å². The normalized spacial score (nSPS) is 14.0. The van der Waals surface area contributed by atoms with Gasteiger partial charge in [-0.3, -0.25) is 9.59 Å². The second-order valence-corrected chi connectivity index (χ2v) is 6.68. The first-order valence-corrected chi connectivity index (χ1v) is 8.87. The highest BCUT2D eigenvalue weighted by atomic mass is 16.2. The van der Waals surface area contributed by atoms with Crippen LogP contribution in [0.3, 0.4) is 0 Å². The van der Waals surface area contributed by atoms with Crippen molar-refractivity contribution in [2.45, 2.75) is 19.8 Å². The molecule has 1 aromatic heterocycles. The van der Waals surface area contributed by atoms with Crippen molar-refractivity contribution in [1.29, 1.82) is 0 Å². The third-order valence-electron chi connectivity index (χ3n) is 4.88. The van der Waals surface area contributed by atoms with Gasteiger partial charge in [0.2, 0.25) is 5.91 Å². The Labute approximate surface area is 152 Å². The molecule has 0 unspecified atom stereocenters. The van der Waals surface area contributed by atoms with Crippen molar-refractivity contribution < 1.29 is 9.59 Å². The summed E-state index contributed by atoms with van der Waals surface area (Å²) >= 11 is 0. The number of hydrogen-bond acceptors (Lipinski definition) is 2. The Bertz CT molecular complexity index is 990.